The summed E-state index contributed by atoms with van der Waals surface area (Å²) in [4.78, 5) is 24.2. The number of carboxylic acids is 1. The monoisotopic (exact) mass is 227 g/mol. The molecular weight excluding hydrogens is 206 g/mol. The molecule has 0 radical (unpaired) electrons. The second-order valence-electron chi connectivity index (χ2n) is 4.39. The third-order valence-corrected chi connectivity index (χ3v) is 3.10. The van der Waals surface area contributed by atoms with Crippen molar-refractivity contribution in [2.24, 2.45) is 0 Å². The van der Waals surface area contributed by atoms with Gasteiger partial charge in [0.15, 0.2) is 0 Å². The van der Waals surface area contributed by atoms with Crippen LogP contribution in [0.15, 0.2) is 0 Å². The molecule has 1 amide bonds. The third kappa shape index (κ3) is 3.51. The molecule has 1 unspecified atom stereocenters. The molecule has 0 aromatic heterocycles. The highest BCUT2D eigenvalue weighted by Crippen LogP contribution is 2.19. The Labute approximate surface area is 96.6 Å². The van der Waals surface area contributed by atoms with Gasteiger partial charge in [-0.2, -0.15) is 0 Å². The number of hydrogen-bond acceptors (Lipinski definition) is 2. The van der Waals surface area contributed by atoms with Gasteiger partial charge in [0.1, 0.15) is 6.04 Å². The summed E-state index contributed by atoms with van der Waals surface area (Å²) in [6.07, 6.45) is 6.17. The van der Waals surface area contributed by atoms with E-state index in [9.17, 15) is 9.59 Å². The van der Waals surface area contributed by atoms with Gasteiger partial charge in [-0.15, -0.1) is 0 Å². The van der Waals surface area contributed by atoms with E-state index in [-0.39, 0.29) is 5.91 Å². The van der Waals surface area contributed by atoms with Crippen LogP contribution in [-0.2, 0) is 9.59 Å². The minimum absolute atomic E-state index is 0.0148. The minimum Gasteiger partial charge on any atom is -0.480 e. The highest BCUT2D eigenvalue weighted by atomic mass is 16.4. The number of carbonyl (C=O) groups is 2. The number of carbonyl (C=O) groups excluding carboxylic acids is 1. The summed E-state index contributed by atoms with van der Waals surface area (Å²) in [5.41, 5.74) is 0. The number of amides is 1. The molecular formula is C12H21NO3. The average molecular weight is 227 g/mol. The molecule has 1 atom stereocenters. The van der Waals surface area contributed by atoms with Gasteiger partial charge in [-0.05, 0) is 19.3 Å². The zero-order valence-corrected chi connectivity index (χ0v) is 9.95. The van der Waals surface area contributed by atoms with Gasteiger partial charge < -0.3 is 10.0 Å². The Bertz CT molecular complexity index is 253. The first-order chi connectivity index (χ1) is 7.66. The van der Waals surface area contributed by atoms with Gasteiger partial charge in [-0.25, -0.2) is 4.79 Å². The zero-order valence-electron chi connectivity index (χ0n) is 9.95. The maximum absolute atomic E-state index is 11.8. The molecule has 1 aliphatic heterocycles. The fraction of sp³-hybridized carbons (Fsp3) is 0.833. The molecule has 0 spiro atoms. The van der Waals surface area contributed by atoms with E-state index in [0.717, 1.165) is 32.1 Å². The maximum Gasteiger partial charge on any atom is 0.326 e. The van der Waals surface area contributed by atoms with E-state index in [1.165, 1.54) is 4.90 Å². The number of nitrogens with zero attached hydrogens (tertiary/aromatic N) is 1. The van der Waals surface area contributed by atoms with Crippen molar-refractivity contribution in [1.29, 1.82) is 0 Å². The van der Waals surface area contributed by atoms with Crippen LogP contribution in [0.25, 0.3) is 0 Å². The van der Waals surface area contributed by atoms with Crippen molar-refractivity contribution in [3.05, 3.63) is 0 Å². The number of hydrogen-bond donors (Lipinski definition) is 1. The van der Waals surface area contributed by atoms with Gasteiger partial charge in [-0.1, -0.05) is 26.2 Å². The maximum atomic E-state index is 11.8. The molecule has 1 aliphatic rings. The summed E-state index contributed by atoms with van der Waals surface area (Å²) in [6.45, 7) is 2.74. The topological polar surface area (TPSA) is 57.6 Å². The minimum atomic E-state index is -0.862. The molecule has 0 aromatic rings. The van der Waals surface area contributed by atoms with Crippen molar-refractivity contribution in [3.8, 4) is 0 Å². The smallest absolute Gasteiger partial charge is 0.326 e. The highest BCUT2D eigenvalue weighted by molar-refractivity contribution is 5.84. The largest absolute Gasteiger partial charge is 0.480 e. The lowest BCUT2D eigenvalue weighted by atomic mass is 10.1. The van der Waals surface area contributed by atoms with Gasteiger partial charge in [0.25, 0.3) is 0 Å². The van der Waals surface area contributed by atoms with Gasteiger partial charge in [0.05, 0.1) is 0 Å². The van der Waals surface area contributed by atoms with Crippen LogP contribution in [0.2, 0.25) is 0 Å². The van der Waals surface area contributed by atoms with Gasteiger partial charge >= 0.3 is 5.97 Å². The van der Waals surface area contributed by atoms with E-state index < -0.39 is 12.0 Å². The Balaban J connectivity index is 2.32. The summed E-state index contributed by atoms with van der Waals surface area (Å²) in [7, 11) is 0. The molecule has 4 heteroatoms. The van der Waals surface area contributed by atoms with Crippen molar-refractivity contribution in [3.63, 3.8) is 0 Å². The molecule has 1 N–H and O–H groups in total. The van der Waals surface area contributed by atoms with Crippen molar-refractivity contribution in [2.75, 3.05) is 6.54 Å². The van der Waals surface area contributed by atoms with Crippen molar-refractivity contribution < 1.29 is 14.7 Å². The number of rotatable bonds is 6. The lowest BCUT2D eigenvalue weighted by Gasteiger charge is -2.21. The number of likely N-dealkylation sites (tertiary alicyclic amines) is 1. The summed E-state index contributed by atoms with van der Waals surface area (Å²) in [5, 5.41) is 8.95. The lowest BCUT2D eigenvalue weighted by Crippen LogP contribution is -2.40. The van der Waals surface area contributed by atoms with Crippen LogP contribution >= 0.6 is 0 Å². The Kier molecular flexibility index (Phi) is 5.29. The van der Waals surface area contributed by atoms with E-state index in [1.54, 1.807) is 0 Å². The Morgan fingerprint density at radius 1 is 1.31 bits per heavy atom. The Hall–Kier alpha value is -1.06. The summed E-state index contributed by atoms with van der Waals surface area (Å²) >= 11 is 0. The molecule has 1 saturated heterocycles. The van der Waals surface area contributed by atoms with Crippen LogP contribution in [0.3, 0.4) is 0 Å². The lowest BCUT2D eigenvalue weighted by molar-refractivity contribution is -0.148. The summed E-state index contributed by atoms with van der Waals surface area (Å²) in [5.74, 6) is -0.847. The van der Waals surface area contributed by atoms with Crippen LogP contribution in [0.5, 0.6) is 0 Å². The molecule has 0 saturated carbocycles. The summed E-state index contributed by atoms with van der Waals surface area (Å²) in [6, 6.07) is -0.571. The van der Waals surface area contributed by atoms with E-state index in [4.69, 9.17) is 5.11 Å². The normalized spacial score (nSPS) is 20.1. The van der Waals surface area contributed by atoms with E-state index in [2.05, 4.69) is 6.92 Å². The predicted molar refractivity (Wildman–Crippen MR) is 61.1 cm³/mol. The first-order valence-corrected chi connectivity index (χ1v) is 6.19. The van der Waals surface area contributed by atoms with E-state index in [1.807, 2.05) is 0 Å². The molecule has 1 fully saturated rings. The van der Waals surface area contributed by atoms with E-state index in [0.29, 0.717) is 19.4 Å². The van der Waals surface area contributed by atoms with Crippen molar-refractivity contribution >= 4 is 11.9 Å². The van der Waals surface area contributed by atoms with Gasteiger partial charge in [0, 0.05) is 13.0 Å². The fourth-order valence-corrected chi connectivity index (χ4v) is 2.17. The van der Waals surface area contributed by atoms with Gasteiger partial charge in [-0.3, -0.25) is 4.79 Å². The molecule has 1 rings (SSSR count). The third-order valence-electron chi connectivity index (χ3n) is 3.10. The van der Waals surface area contributed by atoms with Gasteiger partial charge in [0.2, 0.25) is 5.91 Å². The van der Waals surface area contributed by atoms with Crippen molar-refractivity contribution in [2.45, 2.75) is 57.9 Å². The molecule has 16 heavy (non-hydrogen) atoms. The molecule has 1 heterocycles. The number of unbranched alkanes of at least 4 members (excludes halogenated alkanes) is 3. The first-order valence-electron chi connectivity index (χ1n) is 6.19. The average Bonchev–Trinajstić information content (AvgIpc) is 2.73. The number of carboxylic acid groups (broad SMARTS) is 1. The number of aliphatic carboxylic acids is 1. The molecule has 92 valence electrons. The van der Waals surface area contributed by atoms with Crippen molar-refractivity contribution in [1.82, 2.24) is 4.90 Å². The Morgan fingerprint density at radius 2 is 2.06 bits per heavy atom. The van der Waals surface area contributed by atoms with Crippen LogP contribution in [0.1, 0.15) is 51.9 Å². The standard InChI is InChI=1S/C12H21NO3/c1-2-3-4-5-8-11(14)13-9-6-7-10(13)12(15)16/h10H,2-9H2,1H3,(H,15,16). The second kappa shape index (κ2) is 6.51. The van der Waals surface area contributed by atoms with Crippen LogP contribution in [0.4, 0.5) is 0 Å². The first kappa shape index (κ1) is 13.0. The van der Waals surface area contributed by atoms with Crippen LogP contribution < -0.4 is 0 Å². The predicted octanol–water partition coefficient (Wildman–Crippen LogP) is 2.03. The molecule has 0 aliphatic carbocycles. The highest BCUT2D eigenvalue weighted by Gasteiger charge is 2.33. The molecule has 0 aromatic carbocycles. The van der Waals surface area contributed by atoms with E-state index >= 15 is 0 Å². The second-order valence-corrected chi connectivity index (χ2v) is 4.39. The summed E-state index contributed by atoms with van der Waals surface area (Å²) < 4.78 is 0. The SMILES string of the molecule is CCCCCCC(=O)N1CCCC1C(=O)O. The van der Waals surface area contributed by atoms with Crippen LogP contribution in [0, 0.1) is 0 Å². The quantitative estimate of drug-likeness (QED) is 0.706. The van der Waals surface area contributed by atoms with Crippen LogP contribution in [-0.4, -0.2) is 34.5 Å². The zero-order chi connectivity index (χ0) is 12.0. The molecule has 4 nitrogen and oxygen atoms in total. The molecule has 0 bridgehead atoms. The Morgan fingerprint density at radius 3 is 2.69 bits per heavy atom. The fourth-order valence-electron chi connectivity index (χ4n) is 2.17.